The average Bonchev–Trinajstić information content (AvgIpc) is 3.05. The Morgan fingerprint density at radius 2 is 1.93 bits per heavy atom. The number of rotatable bonds is 6. The van der Waals surface area contributed by atoms with Crippen molar-refractivity contribution in [3.8, 4) is 0 Å². The lowest BCUT2D eigenvalue weighted by atomic mass is 10.2. The van der Waals surface area contributed by atoms with E-state index < -0.39 is 32.6 Å². The molecule has 0 spiro atoms. The number of carbonyl (C=O) groups is 1. The third-order valence-electron chi connectivity index (χ3n) is 4.39. The lowest BCUT2D eigenvalue weighted by molar-refractivity contribution is -0.140. The minimum absolute atomic E-state index is 0.0514. The zero-order chi connectivity index (χ0) is 22.1. The number of esters is 1. The van der Waals surface area contributed by atoms with Crippen LogP contribution in [0.2, 0.25) is 5.15 Å². The monoisotopic (exact) mass is 460 g/mol. The van der Waals surface area contributed by atoms with Gasteiger partial charge in [0.25, 0.3) is 10.0 Å². The Labute approximate surface area is 175 Å². The summed E-state index contributed by atoms with van der Waals surface area (Å²) in [4.78, 5) is 14.9. The predicted octanol–water partition coefficient (Wildman–Crippen LogP) is 4.44. The van der Waals surface area contributed by atoms with E-state index in [0.29, 0.717) is 6.07 Å². The van der Waals surface area contributed by atoms with E-state index in [4.69, 9.17) is 11.6 Å². The first-order valence-corrected chi connectivity index (χ1v) is 10.5. The maximum atomic E-state index is 13.3. The minimum Gasteiger partial charge on any atom is -0.469 e. The van der Waals surface area contributed by atoms with Crippen molar-refractivity contribution < 1.29 is 31.1 Å². The maximum Gasteiger partial charge on any atom is 0.416 e. The number of aryl methyl sites for hydroxylation is 1. The molecule has 0 radical (unpaired) electrons. The van der Waals surface area contributed by atoms with Crippen LogP contribution in [-0.2, 0) is 32.2 Å². The number of hydrogen-bond acceptors (Lipinski definition) is 5. The fourth-order valence-corrected chi connectivity index (χ4v) is 4.76. The molecule has 11 heteroatoms. The SMILES string of the molecule is COC(=O)CCCc1cc2nc(Cl)ccc2n1S(=O)(=O)c1cccc(C(F)(F)F)c1. The number of methoxy groups -OCH3 is 1. The fraction of sp³-hybridized carbons (Fsp3) is 0.263. The van der Waals surface area contributed by atoms with Gasteiger partial charge in [0.1, 0.15) is 5.15 Å². The van der Waals surface area contributed by atoms with Crippen molar-refractivity contribution >= 4 is 38.6 Å². The average molecular weight is 461 g/mol. The molecule has 0 atom stereocenters. The number of ether oxygens (including phenoxy) is 1. The van der Waals surface area contributed by atoms with E-state index in [9.17, 15) is 26.4 Å². The molecule has 3 aromatic rings. The van der Waals surface area contributed by atoms with Crippen LogP contribution >= 0.6 is 11.6 Å². The highest BCUT2D eigenvalue weighted by Crippen LogP contribution is 2.32. The highest BCUT2D eigenvalue weighted by Gasteiger charge is 2.32. The van der Waals surface area contributed by atoms with Gasteiger partial charge in [0, 0.05) is 12.1 Å². The van der Waals surface area contributed by atoms with Gasteiger partial charge in [0.2, 0.25) is 0 Å². The van der Waals surface area contributed by atoms with Gasteiger partial charge >= 0.3 is 12.1 Å². The molecule has 0 amide bonds. The Kier molecular flexibility index (Phi) is 6.09. The molecule has 160 valence electrons. The van der Waals surface area contributed by atoms with Gasteiger partial charge in [-0.05, 0) is 49.2 Å². The Bertz CT molecular complexity index is 1210. The van der Waals surface area contributed by atoms with Crippen molar-refractivity contribution in [2.75, 3.05) is 7.11 Å². The highest BCUT2D eigenvalue weighted by atomic mass is 35.5. The van der Waals surface area contributed by atoms with E-state index in [1.54, 1.807) is 0 Å². The first kappa shape index (κ1) is 22.1. The number of benzene rings is 1. The highest BCUT2D eigenvalue weighted by molar-refractivity contribution is 7.90. The van der Waals surface area contributed by atoms with Crippen LogP contribution in [0.25, 0.3) is 11.0 Å². The lowest BCUT2D eigenvalue weighted by Crippen LogP contribution is -2.17. The molecular formula is C19H16ClF3N2O4S. The standard InChI is InChI=1S/C19H16ClF3N2O4S/c1-29-18(26)7-3-5-13-11-15-16(8-9-17(20)24-15)25(13)30(27,28)14-6-2-4-12(10-14)19(21,22)23/h2,4,6,8-11H,3,5,7H2,1H3. The third kappa shape index (κ3) is 4.44. The van der Waals surface area contributed by atoms with Crippen LogP contribution in [0.15, 0.2) is 47.4 Å². The molecule has 0 aliphatic carbocycles. The van der Waals surface area contributed by atoms with Crippen LogP contribution in [0.5, 0.6) is 0 Å². The zero-order valence-corrected chi connectivity index (χ0v) is 17.2. The Hall–Kier alpha value is -2.59. The molecule has 2 aromatic heterocycles. The number of pyridine rings is 1. The summed E-state index contributed by atoms with van der Waals surface area (Å²) in [5, 5.41) is 0.136. The molecule has 0 aliphatic rings. The van der Waals surface area contributed by atoms with Crippen molar-refractivity contribution in [2.24, 2.45) is 0 Å². The van der Waals surface area contributed by atoms with E-state index >= 15 is 0 Å². The van der Waals surface area contributed by atoms with Gasteiger partial charge in [-0.15, -0.1) is 0 Å². The molecular weight excluding hydrogens is 445 g/mol. The lowest BCUT2D eigenvalue weighted by Gasteiger charge is -2.14. The maximum absolute atomic E-state index is 13.3. The summed E-state index contributed by atoms with van der Waals surface area (Å²) >= 11 is 5.89. The van der Waals surface area contributed by atoms with Crippen LogP contribution in [0.4, 0.5) is 13.2 Å². The van der Waals surface area contributed by atoms with E-state index in [-0.39, 0.29) is 41.1 Å². The molecule has 3 rings (SSSR count). The van der Waals surface area contributed by atoms with Crippen LogP contribution in [0, 0.1) is 0 Å². The molecule has 0 N–H and O–H groups in total. The number of aromatic nitrogens is 2. The summed E-state index contributed by atoms with van der Waals surface area (Å²) in [7, 11) is -3.15. The number of halogens is 4. The number of hydrogen-bond donors (Lipinski definition) is 0. The topological polar surface area (TPSA) is 78.3 Å². The molecule has 0 bridgehead atoms. The van der Waals surface area contributed by atoms with E-state index in [1.807, 2.05) is 0 Å². The van der Waals surface area contributed by atoms with Gasteiger partial charge in [0.15, 0.2) is 0 Å². The molecule has 2 heterocycles. The number of fused-ring (bicyclic) bond motifs is 1. The molecule has 6 nitrogen and oxygen atoms in total. The molecule has 0 saturated carbocycles. The molecule has 0 saturated heterocycles. The smallest absolute Gasteiger partial charge is 0.416 e. The van der Waals surface area contributed by atoms with Crippen molar-refractivity contribution in [3.63, 3.8) is 0 Å². The second kappa shape index (κ2) is 8.27. The number of nitrogens with zero attached hydrogens (tertiary/aromatic N) is 2. The summed E-state index contributed by atoms with van der Waals surface area (Å²) in [6.07, 6.45) is -4.21. The first-order chi connectivity index (χ1) is 14.0. The van der Waals surface area contributed by atoms with Crippen LogP contribution in [0.3, 0.4) is 0 Å². The van der Waals surface area contributed by atoms with E-state index in [0.717, 1.165) is 22.2 Å². The summed E-state index contributed by atoms with van der Waals surface area (Å²) < 4.78 is 71.3. The van der Waals surface area contributed by atoms with Gasteiger partial charge in [-0.2, -0.15) is 13.2 Å². The summed E-state index contributed by atoms with van der Waals surface area (Å²) in [5.74, 6) is -0.459. The van der Waals surface area contributed by atoms with Gasteiger partial charge in [-0.25, -0.2) is 17.4 Å². The summed E-state index contributed by atoms with van der Waals surface area (Å²) in [6.45, 7) is 0. The quantitative estimate of drug-likeness (QED) is 0.401. The molecule has 30 heavy (non-hydrogen) atoms. The molecule has 0 aliphatic heterocycles. The van der Waals surface area contributed by atoms with Gasteiger partial charge in [0.05, 0.1) is 28.6 Å². The van der Waals surface area contributed by atoms with Crippen molar-refractivity contribution in [3.05, 3.63) is 58.9 Å². The van der Waals surface area contributed by atoms with Crippen molar-refractivity contribution in [2.45, 2.75) is 30.3 Å². The van der Waals surface area contributed by atoms with E-state index in [2.05, 4.69) is 9.72 Å². The number of alkyl halides is 3. The Morgan fingerprint density at radius 1 is 1.20 bits per heavy atom. The zero-order valence-electron chi connectivity index (χ0n) is 15.6. The summed E-state index contributed by atoms with van der Waals surface area (Å²) in [6, 6.07) is 7.82. The van der Waals surface area contributed by atoms with Crippen molar-refractivity contribution in [1.29, 1.82) is 0 Å². The Morgan fingerprint density at radius 3 is 2.60 bits per heavy atom. The second-order valence-corrected chi connectivity index (χ2v) is 8.57. The largest absolute Gasteiger partial charge is 0.469 e. The van der Waals surface area contributed by atoms with Crippen LogP contribution < -0.4 is 0 Å². The summed E-state index contributed by atoms with van der Waals surface area (Å²) in [5.41, 5.74) is -0.370. The normalized spacial score (nSPS) is 12.3. The number of carbonyl (C=O) groups excluding carboxylic acids is 1. The fourth-order valence-electron chi connectivity index (χ4n) is 3.00. The Balaban J connectivity index is 2.13. The van der Waals surface area contributed by atoms with Crippen LogP contribution in [0.1, 0.15) is 24.1 Å². The first-order valence-electron chi connectivity index (χ1n) is 8.70. The van der Waals surface area contributed by atoms with Gasteiger partial charge < -0.3 is 4.74 Å². The second-order valence-electron chi connectivity index (χ2n) is 6.40. The third-order valence-corrected chi connectivity index (χ3v) is 6.36. The van der Waals surface area contributed by atoms with E-state index in [1.165, 1.54) is 25.3 Å². The molecule has 0 unspecified atom stereocenters. The van der Waals surface area contributed by atoms with Crippen LogP contribution in [-0.4, -0.2) is 30.5 Å². The van der Waals surface area contributed by atoms with Gasteiger partial charge in [-0.1, -0.05) is 17.7 Å². The molecule has 0 fully saturated rings. The molecule has 1 aromatic carbocycles. The van der Waals surface area contributed by atoms with Crippen molar-refractivity contribution in [1.82, 2.24) is 8.96 Å². The van der Waals surface area contributed by atoms with Gasteiger partial charge in [-0.3, -0.25) is 4.79 Å². The predicted molar refractivity (Wildman–Crippen MR) is 104 cm³/mol. The minimum atomic E-state index is -4.69.